The van der Waals surface area contributed by atoms with Gasteiger partial charge in [0.15, 0.2) is 0 Å². The molecular weight excluding hydrogens is 401 g/mol. The van der Waals surface area contributed by atoms with Gasteiger partial charge in [-0.05, 0) is 48.9 Å². The lowest BCUT2D eigenvalue weighted by Crippen LogP contribution is -2.44. The number of hydrazone groups is 1. The maximum Gasteiger partial charge on any atom is 0.344 e. The van der Waals surface area contributed by atoms with Crippen molar-refractivity contribution in [1.82, 2.24) is 5.01 Å². The summed E-state index contributed by atoms with van der Waals surface area (Å²) in [5.74, 6) is -0.467. The van der Waals surface area contributed by atoms with E-state index in [1.807, 2.05) is 0 Å². The smallest absolute Gasteiger partial charge is 0.344 e. The fraction of sp³-hybridized carbons (Fsp3) is 0.250. The molecule has 6 nitrogen and oxygen atoms in total. The van der Waals surface area contributed by atoms with Crippen molar-refractivity contribution >= 4 is 46.6 Å². The molecule has 8 heteroatoms. The van der Waals surface area contributed by atoms with Crippen molar-refractivity contribution in [2.75, 3.05) is 25.6 Å². The van der Waals surface area contributed by atoms with Gasteiger partial charge in [0.25, 0.3) is 0 Å². The number of benzene rings is 2. The predicted molar refractivity (Wildman–Crippen MR) is 110 cm³/mol. The second-order valence-corrected chi connectivity index (χ2v) is 7.53. The van der Waals surface area contributed by atoms with E-state index in [0.29, 0.717) is 27.0 Å². The molecule has 1 aliphatic heterocycles. The zero-order valence-corrected chi connectivity index (χ0v) is 17.2. The summed E-state index contributed by atoms with van der Waals surface area (Å²) in [7, 11) is 2.95. The number of hydrogen-bond acceptors (Lipinski definition) is 4. The Hall–Kier alpha value is -2.57. The van der Waals surface area contributed by atoms with Crippen LogP contribution in [0.5, 0.6) is 0 Å². The van der Waals surface area contributed by atoms with E-state index >= 15 is 0 Å². The molecular formula is C20H19Cl2N3O3. The minimum Gasteiger partial charge on any atom is -0.468 e. The van der Waals surface area contributed by atoms with Crippen LogP contribution in [-0.4, -0.2) is 43.4 Å². The molecule has 0 saturated carbocycles. The summed E-state index contributed by atoms with van der Waals surface area (Å²) in [6, 6.07) is 13.4. The molecule has 0 bridgehead atoms. The third kappa shape index (κ3) is 3.70. The van der Waals surface area contributed by atoms with E-state index in [-0.39, 0.29) is 12.6 Å². The van der Waals surface area contributed by atoms with Gasteiger partial charge in [-0.25, -0.2) is 9.80 Å². The van der Waals surface area contributed by atoms with Crippen molar-refractivity contribution in [2.24, 2.45) is 10.5 Å². The number of esters is 1. The highest BCUT2D eigenvalue weighted by Gasteiger charge is 2.48. The molecule has 0 aliphatic carbocycles. The maximum atomic E-state index is 13.0. The largest absolute Gasteiger partial charge is 0.468 e. The Balaban J connectivity index is 1.95. The zero-order valence-electron chi connectivity index (χ0n) is 15.6. The molecule has 0 fully saturated rings. The fourth-order valence-electron chi connectivity index (χ4n) is 3.07. The number of ether oxygens (including phenoxy) is 1. The fourth-order valence-corrected chi connectivity index (χ4v) is 3.32. The van der Waals surface area contributed by atoms with Crippen molar-refractivity contribution in [3.8, 4) is 0 Å². The van der Waals surface area contributed by atoms with Crippen molar-refractivity contribution in [3.63, 3.8) is 0 Å². The number of carbonyl (C=O) groups excluding carboxylic acids is 2. The van der Waals surface area contributed by atoms with Gasteiger partial charge in [-0.3, -0.25) is 9.69 Å². The van der Waals surface area contributed by atoms with Crippen LogP contribution in [0.15, 0.2) is 53.6 Å². The number of carbonyl (C=O) groups is 2. The number of halogens is 2. The van der Waals surface area contributed by atoms with Crippen LogP contribution in [0.1, 0.15) is 12.5 Å². The van der Waals surface area contributed by atoms with E-state index in [1.54, 1.807) is 62.5 Å². The first-order valence-corrected chi connectivity index (χ1v) is 9.26. The van der Waals surface area contributed by atoms with Crippen LogP contribution in [0.3, 0.4) is 0 Å². The highest BCUT2D eigenvalue weighted by Crippen LogP contribution is 2.34. The average Bonchev–Trinajstić information content (AvgIpc) is 3.06. The molecule has 1 atom stereocenters. The molecule has 2 amide bonds. The van der Waals surface area contributed by atoms with E-state index in [2.05, 4.69) is 5.10 Å². The molecule has 1 aliphatic rings. The molecule has 0 aromatic heterocycles. The molecule has 146 valence electrons. The quantitative estimate of drug-likeness (QED) is 0.690. The summed E-state index contributed by atoms with van der Waals surface area (Å²) < 4.78 is 4.99. The van der Waals surface area contributed by atoms with Gasteiger partial charge in [-0.1, -0.05) is 35.3 Å². The average molecular weight is 420 g/mol. The molecule has 0 N–H and O–H groups in total. The zero-order chi connectivity index (χ0) is 20.5. The number of anilines is 1. The van der Waals surface area contributed by atoms with Crippen LogP contribution in [0, 0.1) is 5.41 Å². The normalized spacial score (nSPS) is 18.6. The van der Waals surface area contributed by atoms with Gasteiger partial charge >= 0.3 is 12.0 Å². The Bertz CT molecular complexity index is 929. The second-order valence-electron chi connectivity index (χ2n) is 6.65. The third-order valence-corrected chi connectivity index (χ3v) is 5.19. The van der Waals surface area contributed by atoms with E-state index in [4.69, 9.17) is 27.9 Å². The molecule has 0 saturated heterocycles. The summed E-state index contributed by atoms with van der Waals surface area (Å²) in [5, 5.41) is 6.88. The molecule has 2 aromatic carbocycles. The molecule has 2 aromatic rings. The van der Waals surface area contributed by atoms with E-state index in [0.717, 1.165) is 0 Å². The SMILES string of the molecule is COC(=O)C1(C)CN(C(=O)N(C)c2ccc(Cl)cc2)N=C1c1ccc(Cl)cc1. The van der Waals surface area contributed by atoms with Gasteiger partial charge < -0.3 is 4.74 Å². The minimum atomic E-state index is -1.10. The van der Waals surface area contributed by atoms with E-state index in [1.165, 1.54) is 17.0 Å². The van der Waals surface area contributed by atoms with Crippen molar-refractivity contribution in [2.45, 2.75) is 6.92 Å². The van der Waals surface area contributed by atoms with Crippen molar-refractivity contribution in [3.05, 3.63) is 64.1 Å². The summed E-state index contributed by atoms with van der Waals surface area (Å²) in [6.45, 7) is 1.77. The van der Waals surface area contributed by atoms with Crippen LogP contribution in [-0.2, 0) is 9.53 Å². The molecule has 28 heavy (non-hydrogen) atoms. The number of hydrogen-bond donors (Lipinski definition) is 0. The number of methoxy groups -OCH3 is 1. The Labute approximate surface area is 173 Å². The van der Waals surface area contributed by atoms with Crippen LogP contribution in [0.2, 0.25) is 10.0 Å². The van der Waals surface area contributed by atoms with Crippen molar-refractivity contribution in [1.29, 1.82) is 0 Å². The number of urea groups is 1. The number of rotatable bonds is 3. The first kappa shape index (κ1) is 20.2. The van der Waals surface area contributed by atoms with E-state index in [9.17, 15) is 9.59 Å². The van der Waals surface area contributed by atoms with Crippen LogP contribution in [0.4, 0.5) is 10.5 Å². The maximum absolute atomic E-state index is 13.0. The first-order valence-electron chi connectivity index (χ1n) is 8.50. The van der Waals surface area contributed by atoms with Crippen LogP contribution < -0.4 is 4.90 Å². The monoisotopic (exact) mass is 419 g/mol. The summed E-state index contributed by atoms with van der Waals surface area (Å²) in [5.41, 5.74) is 0.707. The highest BCUT2D eigenvalue weighted by atomic mass is 35.5. The third-order valence-electron chi connectivity index (χ3n) is 4.68. The summed E-state index contributed by atoms with van der Waals surface area (Å²) in [6.07, 6.45) is 0. The van der Waals surface area contributed by atoms with Gasteiger partial charge in [0, 0.05) is 22.8 Å². The number of nitrogens with zero attached hydrogens (tertiary/aromatic N) is 3. The van der Waals surface area contributed by atoms with Gasteiger partial charge in [0.05, 0.1) is 19.4 Å². The van der Waals surface area contributed by atoms with Gasteiger partial charge in [0.2, 0.25) is 0 Å². The lowest BCUT2D eigenvalue weighted by Gasteiger charge is -2.25. The summed E-state index contributed by atoms with van der Waals surface area (Å²) >= 11 is 11.9. The first-order chi connectivity index (χ1) is 13.3. The Morgan fingerprint density at radius 2 is 1.61 bits per heavy atom. The highest BCUT2D eigenvalue weighted by molar-refractivity contribution is 6.31. The molecule has 3 rings (SSSR count). The molecule has 0 radical (unpaired) electrons. The summed E-state index contributed by atoms with van der Waals surface area (Å²) in [4.78, 5) is 27.0. The lowest BCUT2D eigenvalue weighted by atomic mass is 9.82. The molecule has 1 unspecified atom stereocenters. The van der Waals surface area contributed by atoms with E-state index < -0.39 is 11.4 Å². The van der Waals surface area contributed by atoms with Crippen LogP contribution in [0.25, 0.3) is 0 Å². The lowest BCUT2D eigenvalue weighted by molar-refractivity contribution is -0.147. The molecule has 0 spiro atoms. The van der Waals surface area contributed by atoms with Gasteiger partial charge in [0.1, 0.15) is 5.41 Å². The number of amides is 2. The Kier molecular flexibility index (Phi) is 5.63. The molecule has 1 heterocycles. The Morgan fingerprint density at radius 1 is 1.07 bits per heavy atom. The second kappa shape index (κ2) is 7.81. The topological polar surface area (TPSA) is 62.2 Å². The predicted octanol–water partition coefficient (Wildman–Crippen LogP) is 4.45. The van der Waals surface area contributed by atoms with Crippen LogP contribution >= 0.6 is 23.2 Å². The minimum absolute atomic E-state index is 0.0639. The Morgan fingerprint density at radius 3 is 2.14 bits per heavy atom. The standard InChI is InChI=1S/C20H19Cl2N3O3/c1-20(18(26)28-3)12-25(23-17(20)13-4-6-14(21)7-5-13)19(27)24(2)16-10-8-15(22)9-11-16/h4-11H,12H2,1-3H3. The van der Waals surface area contributed by atoms with Crippen molar-refractivity contribution < 1.29 is 14.3 Å². The van der Waals surface area contributed by atoms with Gasteiger partial charge in [-0.15, -0.1) is 0 Å². The van der Waals surface area contributed by atoms with Gasteiger partial charge in [-0.2, -0.15) is 5.10 Å².